The van der Waals surface area contributed by atoms with E-state index in [1.165, 1.54) is 71.6 Å². The fourth-order valence-corrected chi connectivity index (χ4v) is 6.30. The molecule has 3 aliphatic rings. The Bertz CT molecular complexity index is 1080. The minimum Gasteiger partial charge on any atom is -0.363 e. The molecule has 1 aromatic carbocycles. The number of nitrogens with zero attached hydrogens (tertiary/aromatic N) is 3. The van der Waals surface area contributed by atoms with Gasteiger partial charge in [-0.15, -0.1) is 0 Å². The molecule has 0 N–H and O–H groups in total. The van der Waals surface area contributed by atoms with Crippen LogP contribution in [-0.4, -0.2) is 35.1 Å². The largest absolute Gasteiger partial charge is 0.363 e. The van der Waals surface area contributed by atoms with E-state index in [0.29, 0.717) is 18.0 Å². The van der Waals surface area contributed by atoms with Gasteiger partial charge < -0.3 is 9.80 Å². The number of aromatic nitrogens is 1. The lowest BCUT2D eigenvalue weighted by molar-refractivity contribution is 0.183. The van der Waals surface area contributed by atoms with E-state index in [0.717, 1.165) is 19.5 Å². The van der Waals surface area contributed by atoms with Gasteiger partial charge in [-0.3, -0.25) is 0 Å². The molecule has 0 radical (unpaired) electrons. The van der Waals surface area contributed by atoms with E-state index >= 15 is 0 Å². The average molecular weight is 454 g/mol. The van der Waals surface area contributed by atoms with Crippen molar-refractivity contribution in [3.63, 3.8) is 0 Å². The second-order valence-electron chi connectivity index (χ2n) is 10.5. The smallest absolute Gasteiger partial charge is 0.132 e. The second kappa shape index (κ2) is 9.82. The summed E-state index contributed by atoms with van der Waals surface area (Å²) in [7, 11) is 0. The molecule has 3 heteroatoms. The Kier molecular flexibility index (Phi) is 6.63. The van der Waals surface area contributed by atoms with Crippen molar-refractivity contribution in [2.75, 3.05) is 18.0 Å². The molecule has 1 saturated carbocycles. The molecule has 2 fully saturated rings. The van der Waals surface area contributed by atoms with Gasteiger partial charge >= 0.3 is 0 Å². The Balaban J connectivity index is 1.49. The van der Waals surface area contributed by atoms with Crippen LogP contribution in [0.2, 0.25) is 0 Å². The van der Waals surface area contributed by atoms with Crippen molar-refractivity contribution >= 4 is 5.82 Å². The summed E-state index contributed by atoms with van der Waals surface area (Å²) < 4.78 is 0. The van der Waals surface area contributed by atoms with Crippen LogP contribution in [0.15, 0.2) is 72.5 Å². The van der Waals surface area contributed by atoms with Crippen LogP contribution in [0, 0.1) is 6.92 Å². The van der Waals surface area contributed by atoms with Crippen molar-refractivity contribution in [3.05, 3.63) is 83.7 Å². The predicted octanol–water partition coefficient (Wildman–Crippen LogP) is 7.40. The standard InChI is InChI=1S/C31H39N3/c1-22-20-33(21-23(2)34(22)25(4)26-13-11-12-14-26)31-24(3)29(27-15-7-5-8-16-27)19-30(32-31)28-17-9-6-10-18-28/h5,7-8,11,13-16,19,22-23,28H,4,6,9-10,12,17-18,20-21H2,1-3H3/t22-,23+. The molecule has 3 nitrogen and oxygen atoms in total. The van der Waals surface area contributed by atoms with Crippen LogP contribution in [0.1, 0.15) is 69.5 Å². The van der Waals surface area contributed by atoms with Crippen LogP contribution in [-0.2, 0) is 0 Å². The lowest BCUT2D eigenvalue weighted by Crippen LogP contribution is -2.56. The zero-order valence-corrected chi connectivity index (χ0v) is 21.1. The molecule has 0 amide bonds. The predicted molar refractivity (Wildman–Crippen MR) is 144 cm³/mol. The molecule has 34 heavy (non-hydrogen) atoms. The van der Waals surface area contributed by atoms with Crippen molar-refractivity contribution in [3.8, 4) is 11.1 Å². The Morgan fingerprint density at radius 3 is 2.35 bits per heavy atom. The summed E-state index contributed by atoms with van der Waals surface area (Å²) in [6.07, 6.45) is 14.3. The SMILES string of the molecule is C=C(C1=CCC=C1)N1[C@H](C)CN(c2nc(C3CCCCC3)cc(-c3ccccc3)c2C)C[C@@H]1C. The molecule has 0 unspecified atom stereocenters. The summed E-state index contributed by atoms with van der Waals surface area (Å²) in [5.74, 6) is 1.78. The number of anilines is 1. The first kappa shape index (κ1) is 23.0. The fourth-order valence-electron chi connectivity index (χ4n) is 6.30. The normalized spacial score (nSPS) is 23.3. The third-order valence-corrected chi connectivity index (χ3v) is 8.01. The highest BCUT2D eigenvalue weighted by atomic mass is 15.3. The Hall–Kier alpha value is -2.81. The molecule has 0 bridgehead atoms. The zero-order valence-electron chi connectivity index (χ0n) is 21.1. The van der Waals surface area contributed by atoms with Gasteiger partial charge in [0.1, 0.15) is 5.82 Å². The maximum Gasteiger partial charge on any atom is 0.132 e. The summed E-state index contributed by atoms with van der Waals surface area (Å²) in [5.41, 5.74) is 7.70. The van der Waals surface area contributed by atoms with E-state index in [1.807, 2.05) is 0 Å². The summed E-state index contributed by atoms with van der Waals surface area (Å²) in [6, 6.07) is 14.0. The number of allylic oxidation sites excluding steroid dienone is 3. The maximum absolute atomic E-state index is 5.38. The molecular weight excluding hydrogens is 414 g/mol. The average Bonchev–Trinajstić information content (AvgIpc) is 3.40. The first-order valence-corrected chi connectivity index (χ1v) is 13.2. The molecule has 0 spiro atoms. The van der Waals surface area contributed by atoms with Gasteiger partial charge in [0.25, 0.3) is 0 Å². The highest BCUT2D eigenvalue weighted by molar-refractivity contribution is 5.73. The number of hydrogen-bond acceptors (Lipinski definition) is 3. The molecule has 1 saturated heterocycles. The molecule has 178 valence electrons. The molecule has 2 heterocycles. The van der Waals surface area contributed by atoms with Gasteiger partial charge in [-0.05, 0) is 68.4 Å². The number of benzene rings is 1. The van der Waals surface area contributed by atoms with Crippen molar-refractivity contribution < 1.29 is 0 Å². The Morgan fingerprint density at radius 2 is 1.71 bits per heavy atom. The Morgan fingerprint density at radius 1 is 1.00 bits per heavy atom. The van der Waals surface area contributed by atoms with Crippen LogP contribution in [0.3, 0.4) is 0 Å². The second-order valence-corrected chi connectivity index (χ2v) is 10.5. The third kappa shape index (κ3) is 4.45. The van der Waals surface area contributed by atoms with E-state index in [4.69, 9.17) is 4.98 Å². The summed E-state index contributed by atoms with van der Waals surface area (Å²) in [5, 5.41) is 0. The van der Waals surface area contributed by atoms with Crippen molar-refractivity contribution in [2.45, 2.75) is 77.3 Å². The van der Waals surface area contributed by atoms with E-state index in [-0.39, 0.29) is 0 Å². The van der Waals surface area contributed by atoms with Crippen LogP contribution in [0.5, 0.6) is 0 Å². The van der Waals surface area contributed by atoms with Crippen LogP contribution in [0.25, 0.3) is 11.1 Å². The monoisotopic (exact) mass is 453 g/mol. The van der Waals surface area contributed by atoms with E-state index in [2.05, 4.69) is 91.8 Å². The molecule has 2 atom stereocenters. The van der Waals surface area contributed by atoms with Gasteiger partial charge in [-0.1, -0.05) is 74.4 Å². The number of rotatable bonds is 5. The molecule has 2 aliphatic carbocycles. The topological polar surface area (TPSA) is 19.4 Å². The van der Waals surface area contributed by atoms with E-state index < -0.39 is 0 Å². The lowest BCUT2D eigenvalue weighted by Gasteiger charge is -2.47. The van der Waals surface area contributed by atoms with E-state index in [9.17, 15) is 0 Å². The van der Waals surface area contributed by atoms with Crippen LogP contribution < -0.4 is 4.90 Å². The highest BCUT2D eigenvalue weighted by Gasteiger charge is 2.33. The molecule has 5 rings (SSSR count). The molecular formula is C31H39N3. The summed E-state index contributed by atoms with van der Waals surface area (Å²) >= 11 is 0. The van der Waals surface area contributed by atoms with Gasteiger partial charge in [-0.2, -0.15) is 0 Å². The van der Waals surface area contributed by atoms with Gasteiger partial charge in [0.15, 0.2) is 0 Å². The van der Waals surface area contributed by atoms with Gasteiger partial charge in [0.05, 0.1) is 0 Å². The molecule has 1 aliphatic heterocycles. The first-order chi connectivity index (χ1) is 16.5. The van der Waals surface area contributed by atoms with Crippen molar-refractivity contribution in [1.82, 2.24) is 9.88 Å². The Labute approximate surface area is 205 Å². The van der Waals surface area contributed by atoms with Crippen LogP contribution in [0.4, 0.5) is 5.82 Å². The quantitative estimate of drug-likeness (QED) is 0.470. The molecule has 2 aromatic rings. The number of piperazine rings is 1. The molecule has 1 aromatic heterocycles. The number of pyridine rings is 1. The van der Waals surface area contributed by atoms with Crippen molar-refractivity contribution in [2.24, 2.45) is 0 Å². The fraction of sp³-hybridized carbons (Fsp3) is 0.452. The zero-order chi connectivity index (χ0) is 23.7. The van der Waals surface area contributed by atoms with Gasteiger partial charge in [0.2, 0.25) is 0 Å². The van der Waals surface area contributed by atoms with E-state index in [1.54, 1.807) is 0 Å². The van der Waals surface area contributed by atoms with Crippen LogP contribution >= 0.6 is 0 Å². The van der Waals surface area contributed by atoms with Gasteiger partial charge in [0, 0.05) is 42.5 Å². The summed E-state index contributed by atoms with van der Waals surface area (Å²) in [4.78, 5) is 10.5. The number of hydrogen-bond donors (Lipinski definition) is 0. The maximum atomic E-state index is 5.38. The van der Waals surface area contributed by atoms with Crippen molar-refractivity contribution in [1.29, 1.82) is 0 Å². The minimum absolute atomic E-state index is 0.380. The third-order valence-electron chi connectivity index (χ3n) is 8.01. The lowest BCUT2D eigenvalue weighted by atomic mass is 9.85. The first-order valence-electron chi connectivity index (χ1n) is 13.2. The minimum atomic E-state index is 0.380. The summed E-state index contributed by atoms with van der Waals surface area (Å²) in [6.45, 7) is 13.4. The van der Waals surface area contributed by atoms with Gasteiger partial charge in [-0.25, -0.2) is 4.98 Å². The highest BCUT2D eigenvalue weighted by Crippen LogP contribution is 2.38.